The van der Waals surface area contributed by atoms with Gasteiger partial charge in [0.15, 0.2) is 0 Å². The smallest absolute Gasteiger partial charge is 0.255 e. The Morgan fingerprint density at radius 1 is 1.06 bits per heavy atom. The van der Waals surface area contributed by atoms with Crippen LogP contribution in [0.2, 0.25) is 0 Å². The van der Waals surface area contributed by atoms with E-state index < -0.39 is 0 Å². The molecule has 1 aromatic heterocycles. The van der Waals surface area contributed by atoms with Crippen molar-refractivity contribution in [3.63, 3.8) is 0 Å². The average molecular weight is 460 g/mol. The summed E-state index contributed by atoms with van der Waals surface area (Å²) in [4.78, 5) is 22.3. The molecule has 1 amide bonds. The first-order chi connectivity index (χ1) is 16.5. The summed E-state index contributed by atoms with van der Waals surface area (Å²) in [5.41, 5.74) is 3.78. The van der Waals surface area contributed by atoms with Crippen molar-refractivity contribution < 1.29 is 13.9 Å². The van der Waals surface area contributed by atoms with Crippen LogP contribution in [0, 0.1) is 11.7 Å². The van der Waals surface area contributed by atoms with Crippen LogP contribution in [0.25, 0.3) is 0 Å². The minimum Gasteiger partial charge on any atom is -0.497 e. The van der Waals surface area contributed by atoms with Crippen LogP contribution in [-0.4, -0.2) is 60.5 Å². The largest absolute Gasteiger partial charge is 0.497 e. The highest BCUT2D eigenvalue weighted by Gasteiger charge is 2.44. The molecule has 0 aliphatic carbocycles. The Labute approximate surface area is 200 Å². The van der Waals surface area contributed by atoms with Gasteiger partial charge in [0.25, 0.3) is 5.91 Å². The van der Waals surface area contributed by atoms with Crippen LogP contribution in [0.3, 0.4) is 0 Å². The molecule has 2 aliphatic heterocycles. The number of rotatable bonds is 5. The summed E-state index contributed by atoms with van der Waals surface area (Å²) in [6, 6.07) is 19.0. The van der Waals surface area contributed by atoms with Crippen molar-refractivity contribution in [1.82, 2.24) is 14.8 Å². The zero-order valence-corrected chi connectivity index (χ0v) is 19.7. The van der Waals surface area contributed by atoms with Crippen molar-refractivity contribution in [2.45, 2.75) is 24.8 Å². The lowest BCUT2D eigenvalue weighted by Crippen LogP contribution is -2.48. The normalized spacial score (nSPS) is 22.4. The predicted molar refractivity (Wildman–Crippen MR) is 130 cm³/mol. The fourth-order valence-electron chi connectivity index (χ4n) is 5.53. The number of fused-ring (bicyclic) bond motifs is 1. The van der Waals surface area contributed by atoms with E-state index >= 15 is 0 Å². The first-order valence-corrected chi connectivity index (χ1v) is 11.8. The second-order valence-electron chi connectivity index (χ2n) is 9.43. The molecule has 5 nitrogen and oxygen atoms in total. The van der Waals surface area contributed by atoms with Gasteiger partial charge >= 0.3 is 0 Å². The van der Waals surface area contributed by atoms with E-state index in [-0.39, 0.29) is 11.7 Å². The molecule has 3 atom stereocenters. The molecular weight excluding hydrogens is 429 g/mol. The number of benzene rings is 2. The van der Waals surface area contributed by atoms with Gasteiger partial charge in [0.1, 0.15) is 11.6 Å². The number of likely N-dealkylation sites (tertiary alicyclic amines) is 2. The van der Waals surface area contributed by atoms with E-state index in [9.17, 15) is 9.18 Å². The third-order valence-corrected chi connectivity index (χ3v) is 7.39. The van der Waals surface area contributed by atoms with Crippen molar-refractivity contribution in [3.05, 3.63) is 95.1 Å². The number of hydrogen-bond acceptors (Lipinski definition) is 4. The van der Waals surface area contributed by atoms with Crippen molar-refractivity contribution in [2.24, 2.45) is 5.92 Å². The number of aromatic nitrogens is 1. The third-order valence-electron chi connectivity index (χ3n) is 7.39. The van der Waals surface area contributed by atoms with Gasteiger partial charge in [0, 0.05) is 55.8 Å². The zero-order chi connectivity index (χ0) is 23.7. The quantitative estimate of drug-likeness (QED) is 0.568. The summed E-state index contributed by atoms with van der Waals surface area (Å²) in [7, 11) is 3.88. The predicted octanol–water partition coefficient (Wildman–Crippen LogP) is 4.38. The molecule has 6 heteroatoms. The van der Waals surface area contributed by atoms with E-state index in [4.69, 9.17) is 4.74 Å². The van der Waals surface area contributed by atoms with Crippen LogP contribution in [0.15, 0.2) is 66.9 Å². The molecule has 0 saturated carbocycles. The molecule has 2 aromatic carbocycles. The molecule has 3 heterocycles. The van der Waals surface area contributed by atoms with Crippen LogP contribution in [0.1, 0.15) is 39.5 Å². The summed E-state index contributed by atoms with van der Waals surface area (Å²) in [5, 5.41) is 0. The van der Waals surface area contributed by atoms with Crippen molar-refractivity contribution >= 4 is 5.91 Å². The van der Waals surface area contributed by atoms with Crippen LogP contribution >= 0.6 is 0 Å². The van der Waals surface area contributed by atoms with E-state index in [0.29, 0.717) is 29.9 Å². The van der Waals surface area contributed by atoms with Crippen LogP contribution in [0.4, 0.5) is 4.39 Å². The molecule has 2 saturated heterocycles. The lowest BCUT2D eigenvalue weighted by molar-refractivity contribution is 0.0607. The Balaban J connectivity index is 1.27. The Kier molecular flexibility index (Phi) is 6.33. The van der Waals surface area contributed by atoms with Crippen molar-refractivity contribution in [2.75, 3.05) is 33.8 Å². The van der Waals surface area contributed by atoms with Crippen molar-refractivity contribution in [1.29, 1.82) is 0 Å². The number of pyridine rings is 1. The van der Waals surface area contributed by atoms with Crippen molar-refractivity contribution in [3.8, 4) is 5.75 Å². The summed E-state index contributed by atoms with van der Waals surface area (Å²) < 4.78 is 18.5. The fraction of sp³-hybridized carbons (Fsp3) is 0.357. The Hall–Kier alpha value is -3.25. The second-order valence-corrected chi connectivity index (χ2v) is 9.43. The van der Waals surface area contributed by atoms with Crippen LogP contribution in [-0.2, 0) is 6.42 Å². The number of methoxy groups -OCH3 is 1. The number of carbonyl (C=O) groups excluding carboxylic acids is 1. The van der Waals surface area contributed by atoms with Gasteiger partial charge in [0.05, 0.1) is 12.7 Å². The highest BCUT2D eigenvalue weighted by atomic mass is 19.1. The monoisotopic (exact) mass is 459 g/mol. The second kappa shape index (κ2) is 9.55. The van der Waals surface area contributed by atoms with E-state index in [1.165, 1.54) is 17.7 Å². The highest BCUT2D eigenvalue weighted by molar-refractivity contribution is 5.94. The standard InChI is InChI=1S/C28H30FN3O2/c1-31-17-25(20-6-11-24(34-2)12-7-20)26-18-32(14-13-27(26)31)28(33)21-5-10-23(30-16-21)15-19-3-8-22(29)9-4-19/h3-12,16,25-27H,13-15,17-18H2,1-2H3/t25-,26-,27-/m1/s1. The van der Waals surface area contributed by atoms with Gasteiger partial charge in [-0.05, 0) is 61.0 Å². The molecule has 34 heavy (non-hydrogen) atoms. The molecule has 0 spiro atoms. The summed E-state index contributed by atoms with van der Waals surface area (Å²) in [6.45, 7) is 2.52. The van der Waals surface area contributed by atoms with Gasteiger partial charge in [-0.3, -0.25) is 9.78 Å². The average Bonchev–Trinajstić information content (AvgIpc) is 3.21. The molecular formula is C28H30FN3O2. The van der Waals surface area contributed by atoms with Crippen LogP contribution in [0.5, 0.6) is 5.75 Å². The SMILES string of the molecule is COc1ccc([C@H]2CN(C)[C@@H]3CCN(C(=O)c4ccc(Cc5ccc(F)cc5)nc4)C[C@H]23)cc1. The minimum atomic E-state index is -0.246. The number of amides is 1. The molecule has 3 aromatic rings. The first-order valence-electron chi connectivity index (χ1n) is 11.8. The number of piperidine rings is 1. The molecule has 2 fully saturated rings. The van der Waals surface area contributed by atoms with Gasteiger partial charge in [-0.15, -0.1) is 0 Å². The Morgan fingerprint density at radius 2 is 1.82 bits per heavy atom. The number of likely N-dealkylation sites (N-methyl/N-ethyl adjacent to an activating group) is 1. The Bertz CT molecular complexity index is 1130. The molecule has 0 radical (unpaired) electrons. The highest BCUT2D eigenvalue weighted by Crippen LogP contribution is 2.41. The lowest BCUT2D eigenvalue weighted by atomic mass is 9.81. The third kappa shape index (κ3) is 4.55. The maximum Gasteiger partial charge on any atom is 0.255 e. The summed E-state index contributed by atoms with van der Waals surface area (Å²) in [6.07, 6.45) is 3.27. The van der Waals surface area contributed by atoms with E-state index in [2.05, 4.69) is 29.1 Å². The maximum atomic E-state index is 13.3. The fourth-order valence-corrected chi connectivity index (χ4v) is 5.53. The van der Waals surface area contributed by atoms with E-state index in [1.807, 2.05) is 29.2 Å². The zero-order valence-electron chi connectivity index (χ0n) is 19.7. The number of carbonyl (C=O) groups is 1. The molecule has 0 bridgehead atoms. The molecule has 2 aliphatic rings. The lowest BCUT2D eigenvalue weighted by Gasteiger charge is -2.38. The van der Waals surface area contributed by atoms with Gasteiger partial charge in [-0.1, -0.05) is 24.3 Å². The molecule has 0 unspecified atom stereocenters. The van der Waals surface area contributed by atoms with E-state index in [0.717, 1.165) is 43.1 Å². The van der Waals surface area contributed by atoms with Crippen LogP contribution < -0.4 is 4.74 Å². The maximum absolute atomic E-state index is 13.3. The molecule has 176 valence electrons. The number of nitrogens with zero attached hydrogens (tertiary/aromatic N) is 3. The van der Waals surface area contributed by atoms with Gasteiger partial charge in [-0.25, -0.2) is 4.39 Å². The topological polar surface area (TPSA) is 45.7 Å². The van der Waals surface area contributed by atoms with Gasteiger partial charge in [-0.2, -0.15) is 0 Å². The number of ether oxygens (including phenoxy) is 1. The first kappa shape index (κ1) is 22.5. The number of hydrogen-bond donors (Lipinski definition) is 0. The van der Waals surface area contributed by atoms with E-state index in [1.54, 1.807) is 25.4 Å². The minimum absolute atomic E-state index is 0.0438. The molecule has 0 N–H and O–H groups in total. The summed E-state index contributed by atoms with van der Waals surface area (Å²) in [5.74, 6) is 1.46. The van der Waals surface area contributed by atoms with Gasteiger partial charge in [0.2, 0.25) is 0 Å². The summed E-state index contributed by atoms with van der Waals surface area (Å²) >= 11 is 0. The number of halogens is 1. The molecule has 5 rings (SSSR count). The Morgan fingerprint density at radius 3 is 2.50 bits per heavy atom. The van der Waals surface area contributed by atoms with Gasteiger partial charge < -0.3 is 14.5 Å².